The molecule has 0 aliphatic rings. The SMILES string of the molecule is CC(C)(C)OC(=O)NCCN(CCNC(=O)OC(C)(C)C)C(=O)CCOCCOCCOCCOCCN. The van der Waals surface area contributed by atoms with Crippen LogP contribution < -0.4 is 16.4 Å². The molecule has 0 aromatic heterocycles. The molecule has 13 heteroatoms. The van der Waals surface area contributed by atoms with E-state index >= 15 is 0 Å². The van der Waals surface area contributed by atoms with Crippen LogP contribution in [0.15, 0.2) is 0 Å². The Bertz CT molecular complexity index is 618. The molecule has 0 aliphatic heterocycles. The molecule has 0 aromatic carbocycles. The molecule has 38 heavy (non-hydrogen) atoms. The molecular weight excluding hydrogens is 500 g/mol. The molecule has 0 radical (unpaired) electrons. The highest BCUT2D eigenvalue weighted by Crippen LogP contribution is 2.07. The third kappa shape index (κ3) is 24.2. The largest absolute Gasteiger partial charge is 0.444 e. The van der Waals surface area contributed by atoms with Crippen molar-refractivity contribution in [3.8, 4) is 0 Å². The average molecular weight is 551 g/mol. The molecule has 0 unspecified atom stereocenters. The van der Waals surface area contributed by atoms with Crippen LogP contribution in [-0.4, -0.2) is 120 Å². The first-order valence-corrected chi connectivity index (χ1v) is 13.1. The minimum Gasteiger partial charge on any atom is -0.444 e. The van der Waals surface area contributed by atoms with E-state index in [1.165, 1.54) is 0 Å². The lowest BCUT2D eigenvalue weighted by Gasteiger charge is -2.25. The second-order valence-corrected chi connectivity index (χ2v) is 10.2. The number of nitrogens with zero attached hydrogens (tertiary/aromatic N) is 1. The van der Waals surface area contributed by atoms with Gasteiger partial charge in [-0.1, -0.05) is 0 Å². The molecule has 0 fully saturated rings. The average Bonchev–Trinajstić information content (AvgIpc) is 2.78. The Hall–Kier alpha value is -2.19. The maximum atomic E-state index is 12.7. The minimum absolute atomic E-state index is 0.144. The van der Waals surface area contributed by atoms with E-state index in [9.17, 15) is 14.4 Å². The fourth-order valence-corrected chi connectivity index (χ4v) is 2.74. The number of nitrogens with two attached hydrogens (primary N) is 1. The van der Waals surface area contributed by atoms with E-state index in [1.54, 1.807) is 46.4 Å². The summed E-state index contributed by atoms with van der Waals surface area (Å²) in [7, 11) is 0. The molecule has 3 amide bonds. The van der Waals surface area contributed by atoms with Gasteiger partial charge in [-0.05, 0) is 41.5 Å². The van der Waals surface area contributed by atoms with Crippen LogP contribution in [0.1, 0.15) is 48.0 Å². The van der Waals surface area contributed by atoms with Crippen LogP contribution in [-0.2, 0) is 33.2 Å². The van der Waals surface area contributed by atoms with Gasteiger partial charge in [0.25, 0.3) is 0 Å². The summed E-state index contributed by atoms with van der Waals surface area (Å²) in [6, 6.07) is 0. The Morgan fingerprint density at radius 1 is 0.632 bits per heavy atom. The second kappa shape index (κ2) is 20.7. The number of rotatable bonds is 20. The Labute approximate surface area is 227 Å². The van der Waals surface area contributed by atoms with Crippen LogP contribution in [0.25, 0.3) is 0 Å². The molecule has 0 atom stereocenters. The van der Waals surface area contributed by atoms with Crippen molar-refractivity contribution in [3.63, 3.8) is 0 Å². The molecule has 0 aliphatic carbocycles. The number of amides is 3. The molecule has 0 rings (SSSR count). The highest BCUT2D eigenvalue weighted by Gasteiger charge is 2.19. The Morgan fingerprint density at radius 3 is 1.37 bits per heavy atom. The van der Waals surface area contributed by atoms with Crippen molar-refractivity contribution < 1.29 is 42.8 Å². The van der Waals surface area contributed by atoms with Crippen molar-refractivity contribution in [2.75, 3.05) is 85.6 Å². The molecule has 0 aromatic rings. The summed E-state index contributed by atoms with van der Waals surface area (Å²) in [4.78, 5) is 38.1. The predicted octanol–water partition coefficient (Wildman–Crippen LogP) is 1.28. The summed E-state index contributed by atoms with van der Waals surface area (Å²) >= 11 is 0. The first-order chi connectivity index (χ1) is 17.8. The Kier molecular flexibility index (Phi) is 19.5. The fourth-order valence-electron chi connectivity index (χ4n) is 2.74. The van der Waals surface area contributed by atoms with Gasteiger partial charge in [-0.2, -0.15) is 0 Å². The molecule has 0 heterocycles. The maximum absolute atomic E-state index is 12.7. The van der Waals surface area contributed by atoms with Gasteiger partial charge in [0.1, 0.15) is 11.2 Å². The summed E-state index contributed by atoms with van der Waals surface area (Å²) < 4.78 is 31.9. The van der Waals surface area contributed by atoms with Crippen LogP contribution in [0.4, 0.5) is 9.59 Å². The summed E-state index contributed by atoms with van der Waals surface area (Å²) in [5.41, 5.74) is 4.09. The van der Waals surface area contributed by atoms with Crippen molar-refractivity contribution >= 4 is 18.1 Å². The van der Waals surface area contributed by atoms with Crippen LogP contribution >= 0.6 is 0 Å². The van der Waals surface area contributed by atoms with E-state index in [4.69, 9.17) is 34.2 Å². The topological polar surface area (TPSA) is 160 Å². The zero-order chi connectivity index (χ0) is 28.9. The van der Waals surface area contributed by atoms with Gasteiger partial charge in [-0.25, -0.2) is 9.59 Å². The van der Waals surface area contributed by atoms with Crippen molar-refractivity contribution in [3.05, 3.63) is 0 Å². The van der Waals surface area contributed by atoms with Gasteiger partial charge in [0.15, 0.2) is 0 Å². The van der Waals surface area contributed by atoms with Gasteiger partial charge in [0, 0.05) is 32.7 Å². The number of nitrogens with one attached hydrogen (secondary N) is 2. The standard InChI is InChI=1S/C25H50N4O9/c1-24(2,3)37-22(31)27-9-11-29(12-10-28-23(32)38-25(4,5)6)21(30)7-13-33-15-17-35-19-20-36-18-16-34-14-8-26/h7-20,26H2,1-6H3,(H,27,31)(H,28,32). The first-order valence-electron chi connectivity index (χ1n) is 13.1. The van der Waals surface area contributed by atoms with E-state index in [-0.39, 0.29) is 45.1 Å². The van der Waals surface area contributed by atoms with Crippen LogP contribution in [0, 0.1) is 0 Å². The number of hydrogen-bond acceptors (Lipinski definition) is 10. The van der Waals surface area contributed by atoms with Crippen molar-refractivity contribution in [1.82, 2.24) is 15.5 Å². The van der Waals surface area contributed by atoms with Gasteiger partial charge >= 0.3 is 12.2 Å². The van der Waals surface area contributed by atoms with E-state index in [2.05, 4.69) is 10.6 Å². The maximum Gasteiger partial charge on any atom is 0.407 e. The van der Waals surface area contributed by atoms with Crippen molar-refractivity contribution in [1.29, 1.82) is 0 Å². The Balaban J connectivity index is 4.29. The van der Waals surface area contributed by atoms with Crippen LogP contribution in [0.2, 0.25) is 0 Å². The summed E-state index contributed by atoms with van der Waals surface area (Å²) in [6.07, 6.45) is -0.985. The highest BCUT2D eigenvalue weighted by atomic mass is 16.6. The van der Waals surface area contributed by atoms with Gasteiger partial charge in [0.2, 0.25) is 5.91 Å². The molecule has 224 valence electrons. The lowest BCUT2D eigenvalue weighted by Crippen LogP contribution is -2.44. The molecular formula is C25H50N4O9. The number of alkyl carbamates (subject to hydrolysis) is 2. The van der Waals surface area contributed by atoms with Crippen LogP contribution in [0.3, 0.4) is 0 Å². The zero-order valence-corrected chi connectivity index (χ0v) is 24.1. The van der Waals surface area contributed by atoms with Crippen molar-refractivity contribution in [2.45, 2.75) is 59.2 Å². The molecule has 4 N–H and O–H groups in total. The Morgan fingerprint density at radius 2 is 1.00 bits per heavy atom. The fraction of sp³-hybridized carbons (Fsp3) is 0.880. The normalized spacial score (nSPS) is 11.7. The quantitative estimate of drug-likeness (QED) is 0.188. The highest BCUT2D eigenvalue weighted by molar-refractivity contribution is 5.76. The predicted molar refractivity (Wildman–Crippen MR) is 142 cm³/mol. The van der Waals surface area contributed by atoms with E-state index in [1.807, 2.05) is 0 Å². The number of carbonyl (C=O) groups is 3. The van der Waals surface area contributed by atoms with Gasteiger partial charge in [-0.15, -0.1) is 0 Å². The van der Waals surface area contributed by atoms with Crippen molar-refractivity contribution in [2.24, 2.45) is 5.73 Å². The van der Waals surface area contributed by atoms with E-state index < -0.39 is 23.4 Å². The minimum atomic E-state index is -0.621. The molecule has 0 bridgehead atoms. The summed E-state index contributed by atoms with van der Waals surface area (Å²) in [6.45, 7) is 15.3. The molecule has 13 nitrogen and oxygen atoms in total. The first kappa shape index (κ1) is 35.8. The molecule has 0 saturated carbocycles. The van der Waals surface area contributed by atoms with E-state index in [0.29, 0.717) is 52.8 Å². The third-order valence-electron chi connectivity index (χ3n) is 4.29. The smallest absolute Gasteiger partial charge is 0.407 e. The zero-order valence-electron chi connectivity index (χ0n) is 24.1. The number of ether oxygens (including phenoxy) is 6. The van der Waals surface area contributed by atoms with Gasteiger partial charge in [-0.3, -0.25) is 4.79 Å². The lowest BCUT2D eigenvalue weighted by molar-refractivity contribution is -0.132. The second-order valence-electron chi connectivity index (χ2n) is 10.2. The third-order valence-corrected chi connectivity index (χ3v) is 4.29. The number of hydrogen-bond donors (Lipinski definition) is 3. The van der Waals surface area contributed by atoms with Crippen LogP contribution in [0.5, 0.6) is 0 Å². The lowest BCUT2D eigenvalue weighted by atomic mass is 10.2. The van der Waals surface area contributed by atoms with Gasteiger partial charge < -0.3 is 49.7 Å². The van der Waals surface area contributed by atoms with E-state index in [0.717, 1.165) is 0 Å². The monoisotopic (exact) mass is 550 g/mol. The van der Waals surface area contributed by atoms with Gasteiger partial charge in [0.05, 0.1) is 59.3 Å². The molecule has 0 spiro atoms. The number of carbonyl (C=O) groups excluding carboxylic acids is 3. The summed E-state index contributed by atoms with van der Waals surface area (Å²) in [5, 5.41) is 5.27. The summed E-state index contributed by atoms with van der Waals surface area (Å²) in [5.74, 6) is -0.173. The molecule has 0 saturated heterocycles.